The number of alkyl halides is 2. The minimum absolute atomic E-state index is 0.0166. The smallest absolute Gasteiger partial charge is 0.247 e. The summed E-state index contributed by atoms with van der Waals surface area (Å²) >= 11 is 0. The lowest BCUT2D eigenvalue weighted by Gasteiger charge is -2.19. The van der Waals surface area contributed by atoms with Crippen LogP contribution in [-0.4, -0.2) is 11.5 Å². The Morgan fingerprint density at radius 2 is 2.00 bits per heavy atom. The van der Waals surface area contributed by atoms with Gasteiger partial charge in [0.25, 0.3) is 0 Å². The summed E-state index contributed by atoms with van der Waals surface area (Å²) in [6, 6.07) is 0. The first-order chi connectivity index (χ1) is 5.83. The fourth-order valence-electron chi connectivity index (χ4n) is 1.42. The molecule has 2 N–H and O–H groups in total. The van der Waals surface area contributed by atoms with Crippen LogP contribution in [0.1, 0.15) is 46.0 Å². The summed E-state index contributed by atoms with van der Waals surface area (Å²) in [7, 11) is 0. The van der Waals surface area contributed by atoms with E-state index in [-0.39, 0.29) is 5.54 Å². The van der Waals surface area contributed by atoms with E-state index in [1.54, 1.807) is 6.92 Å². The van der Waals surface area contributed by atoms with Gasteiger partial charge in [0.05, 0.1) is 0 Å². The third kappa shape index (κ3) is 3.59. The summed E-state index contributed by atoms with van der Waals surface area (Å²) in [5, 5.41) is 0. The van der Waals surface area contributed by atoms with Crippen LogP contribution >= 0.6 is 0 Å². The van der Waals surface area contributed by atoms with Crippen LogP contribution in [0.2, 0.25) is 0 Å². The average Bonchev–Trinajstić information content (AvgIpc) is 2.66. The van der Waals surface area contributed by atoms with Crippen LogP contribution in [-0.2, 0) is 0 Å². The number of hydrogen-bond donors (Lipinski definition) is 1. The highest BCUT2D eigenvalue weighted by atomic mass is 19.3. The van der Waals surface area contributed by atoms with Gasteiger partial charge in [0.15, 0.2) is 0 Å². The van der Waals surface area contributed by atoms with Gasteiger partial charge >= 0.3 is 0 Å². The molecule has 1 rings (SSSR count). The molecule has 1 aliphatic rings. The summed E-state index contributed by atoms with van der Waals surface area (Å²) in [5.41, 5.74) is 5.87. The first-order valence-corrected chi connectivity index (χ1v) is 5.00. The Bertz CT molecular complexity index is 170. The molecule has 1 saturated carbocycles. The van der Waals surface area contributed by atoms with E-state index in [1.165, 1.54) is 0 Å². The molecule has 0 spiro atoms. The lowest BCUT2D eigenvalue weighted by atomic mass is 9.96. The largest absolute Gasteiger partial charge is 0.325 e. The van der Waals surface area contributed by atoms with Crippen molar-refractivity contribution in [3.63, 3.8) is 0 Å². The molecule has 0 amide bonds. The second-order valence-electron chi connectivity index (χ2n) is 4.61. The van der Waals surface area contributed by atoms with E-state index in [0.29, 0.717) is 6.42 Å². The monoisotopic (exact) mass is 191 g/mol. The zero-order valence-electron chi connectivity index (χ0n) is 8.45. The highest BCUT2D eigenvalue weighted by molar-refractivity contribution is 4.98. The van der Waals surface area contributed by atoms with Crippen LogP contribution in [0, 0.1) is 5.92 Å². The highest BCUT2D eigenvalue weighted by Crippen LogP contribution is 2.38. The van der Waals surface area contributed by atoms with Gasteiger partial charge < -0.3 is 5.73 Å². The molecule has 1 nitrogen and oxygen atoms in total. The predicted molar refractivity (Wildman–Crippen MR) is 49.8 cm³/mol. The molecule has 78 valence electrons. The van der Waals surface area contributed by atoms with Crippen molar-refractivity contribution in [1.82, 2.24) is 0 Å². The Kier molecular flexibility index (Phi) is 2.95. The van der Waals surface area contributed by atoms with Gasteiger partial charge in [-0.15, -0.1) is 0 Å². The SMILES string of the molecule is CC(CCCC1(N)CC1)C(C)(F)F. The molecular weight excluding hydrogens is 172 g/mol. The standard InChI is InChI=1S/C10H19F2N/c1-8(9(2,11)12)4-3-5-10(13)6-7-10/h8H,3-7,13H2,1-2H3. The number of hydrogen-bond acceptors (Lipinski definition) is 1. The quantitative estimate of drug-likeness (QED) is 0.710. The Morgan fingerprint density at radius 1 is 1.46 bits per heavy atom. The van der Waals surface area contributed by atoms with Crippen LogP contribution in [0.3, 0.4) is 0 Å². The summed E-state index contributed by atoms with van der Waals surface area (Å²) in [4.78, 5) is 0. The second kappa shape index (κ2) is 3.52. The minimum atomic E-state index is -2.54. The maximum atomic E-state index is 12.7. The first kappa shape index (κ1) is 10.9. The molecule has 13 heavy (non-hydrogen) atoms. The topological polar surface area (TPSA) is 26.0 Å². The van der Waals surface area contributed by atoms with Gasteiger partial charge in [0, 0.05) is 11.5 Å². The third-order valence-corrected chi connectivity index (χ3v) is 3.07. The van der Waals surface area contributed by atoms with Gasteiger partial charge in [-0.05, 0) is 32.6 Å². The van der Waals surface area contributed by atoms with Crippen molar-refractivity contribution >= 4 is 0 Å². The fraction of sp³-hybridized carbons (Fsp3) is 1.00. The van der Waals surface area contributed by atoms with Crippen molar-refractivity contribution in [3.8, 4) is 0 Å². The predicted octanol–water partition coefficient (Wildman–Crippen LogP) is 2.94. The van der Waals surface area contributed by atoms with Gasteiger partial charge in [-0.3, -0.25) is 0 Å². The second-order valence-corrected chi connectivity index (χ2v) is 4.61. The molecule has 0 saturated heterocycles. The molecule has 1 fully saturated rings. The van der Waals surface area contributed by atoms with E-state index in [0.717, 1.165) is 32.6 Å². The fourth-order valence-corrected chi connectivity index (χ4v) is 1.42. The summed E-state index contributed by atoms with van der Waals surface area (Å²) in [5.74, 6) is -3.06. The minimum Gasteiger partial charge on any atom is -0.325 e. The van der Waals surface area contributed by atoms with E-state index < -0.39 is 11.8 Å². The lowest BCUT2D eigenvalue weighted by Crippen LogP contribution is -2.24. The van der Waals surface area contributed by atoms with Crippen molar-refractivity contribution in [2.45, 2.75) is 57.4 Å². The van der Waals surface area contributed by atoms with Crippen molar-refractivity contribution < 1.29 is 8.78 Å². The lowest BCUT2D eigenvalue weighted by molar-refractivity contribution is -0.0362. The molecule has 0 heterocycles. The number of nitrogens with two attached hydrogens (primary N) is 1. The Labute approximate surface area is 78.7 Å². The Hall–Kier alpha value is -0.180. The summed E-state index contributed by atoms with van der Waals surface area (Å²) < 4.78 is 25.4. The normalized spacial score (nSPS) is 22.8. The number of rotatable bonds is 5. The first-order valence-electron chi connectivity index (χ1n) is 5.00. The molecule has 0 bridgehead atoms. The molecule has 0 aromatic heterocycles. The van der Waals surface area contributed by atoms with Crippen molar-refractivity contribution in [1.29, 1.82) is 0 Å². The summed E-state index contributed by atoms with van der Waals surface area (Å²) in [6.07, 6.45) is 4.48. The molecule has 0 aromatic carbocycles. The Morgan fingerprint density at radius 3 is 2.38 bits per heavy atom. The van der Waals surface area contributed by atoms with E-state index >= 15 is 0 Å². The number of halogens is 2. The molecule has 3 heteroatoms. The Balaban J connectivity index is 2.12. The maximum absolute atomic E-state index is 12.7. The zero-order chi connectivity index (χ0) is 10.1. The van der Waals surface area contributed by atoms with Gasteiger partial charge in [-0.2, -0.15) is 0 Å². The van der Waals surface area contributed by atoms with Crippen molar-refractivity contribution in [3.05, 3.63) is 0 Å². The molecule has 1 unspecified atom stereocenters. The van der Waals surface area contributed by atoms with Gasteiger partial charge in [-0.1, -0.05) is 13.3 Å². The van der Waals surface area contributed by atoms with E-state index in [2.05, 4.69) is 0 Å². The molecule has 1 aliphatic carbocycles. The molecule has 0 aliphatic heterocycles. The van der Waals surface area contributed by atoms with Crippen molar-refractivity contribution in [2.24, 2.45) is 11.7 Å². The zero-order valence-corrected chi connectivity index (χ0v) is 8.45. The highest BCUT2D eigenvalue weighted by Gasteiger charge is 2.38. The van der Waals surface area contributed by atoms with Crippen LogP contribution in [0.15, 0.2) is 0 Å². The van der Waals surface area contributed by atoms with Gasteiger partial charge in [0.2, 0.25) is 5.92 Å². The molecule has 0 radical (unpaired) electrons. The van der Waals surface area contributed by atoms with Crippen molar-refractivity contribution in [2.75, 3.05) is 0 Å². The van der Waals surface area contributed by atoms with Gasteiger partial charge in [0.1, 0.15) is 0 Å². The third-order valence-electron chi connectivity index (χ3n) is 3.07. The van der Waals surface area contributed by atoms with Gasteiger partial charge in [-0.25, -0.2) is 8.78 Å². The molecule has 0 aromatic rings. The maximum Gasteiger partial charge on any atom is 0.247 e. The van der Waals surface area contributed by atoms with E-state index in [9.17, 15) is 8.78 Å². The van der Waals surface area contributed by atoms with Crippen LogP contribution in [0.25, 0.3) is 0 Å². The van der Waals surface area contributed by atoms with Crippen LogP contribution in [0.5, 0.6) is 0 Å². The average molecular weight is 191 g/mol. The molecular formula is C10H19F2N. The van der Waals surface area contributed by atoms with E-state index in [4.69, 9.17) is 5.73 Å². The van der Waals surface area contributed by atoms with Crippen LogP contribution in [0.4, 0.5) is 8.78 Å². The van der Waals surface area contributed by atoms with E-state index in [1.807, 2.05) is 0 Å². The molecule has 1 atom stereocenters. The summed E-state index contributed by atoms with van der Waals surface area (Å²) in [6.45, 7) is 2.60. The van der Waals surface area contributed by atoms with Crippen LogP contribution < -0.4 is 5.73 Å².